The van der Waals surface area contributed by atoms with Crippen molar-refractivity contribution in [3.8, 4) is 0 Å². The Kier molecular flexibility index (Phi) is 4.46. The van der Waals surface area contributed by atoms with Gasteiger partial charge in [0, 0.05) is 12.4 Å². The van der Waals surface area contributed by atoms with Gasteiger partial charge in [0.15, 0.2) is 0 Å². The number of hydrogen-bond acceptors (Lipinski definition) is 4. The molecule has 0 bridgehead atoms. The van der Waals surface area contributed by atoms with Crippen LogP contribution in [0.3, 0.4) is 0 Å². The van der Waals surface area contributed by atoms with Crippen molar-refractivity contribution in [1.82, 2.24) is 4.98 Å². The van der Waals surface area contributed by atoms with Gasteiger partial charge in [-0.15, -0.1) is 0 Å². The van der Waals surface area contributed by atoms with Gasteiger partial charge in [0.1, 0.15) is 0 Å². The van der Waals surface area contributed by atoms with Crippen LogP contribution in [0, 0.1) is 0 Å². The zero-order chi connectivity index (χ0) is 9.36. The number of hydrogen-bond donors (Lipinski definition) is 0. The van der Waals surface area contributed by atoms with Crippen LogP contribution < -0.4 is 0 Å². The molecule has 4 heteroatoms. The molecule has 0 spiro atoms. The normalized spacial score (nSPS) is 9.23. The van der Waals surface area contributed by atoms with Crippen LogP contribution in [0.1, 0.15) is 5.56 Å². The van der Waals surface area contributed by atoms with E-state index in [4.69, 9.17) is 4.74 Å². The number of nitrogens with zero attached hydrogens (tertiary/aromatic N) is 2. The van der Waals surface area contributed by atoms with Gasteiger partial charge in [-0.2, -0.15) is 0 Å². The fourth-order valence-electron chi connectivity index (χ4n) is 0.829. The van der Waals surface area contributed by atoms with Crippen molar-refractivity contribution < 1.29 is 9.53 Å². The molecule has 0 unspecified atom stereocenters. The topological polar surface area (TPSA) is 51.5 Å². The van der Waals surface area contributed by atoms with Gasteiger partial charge in [-0.25, -0.2) is 9.79 Å². The SMILES string of the molecule is O=C=NCCOCc1cccnc1. The Hall–Kier alpha value is -1.51. The van der Waals surface area contributed by atoms with E-state index in [9.17, 15) is 4.79 Å². The van der Waals surface area contributed by atoms with Gasteiger partial charge in [0.05, 0.1) is 19.8 Å². The van der Waals surface area contributed by atoms with Crippen molar-refractivity contribution >= 4 is 6.08 Å². The molecule has 1 aromatic rings. The first-order valence-electron chi connectivity index (χ1n) is 3.94. The van der Waals surface area contributed by atoms with Crippen molar-refractivity contribution in [2.24, 2.45) is 4.99 Å². The minimum atomic E-state index is 0.365. The first kappa shape index (κ1) is 9.58. The highest BCUT2D eigenvalue weighted by molar-refractivity contribution is 5.32. The molecule has 68 valence electrons. The Balaban J connectivity index is 2.17. The van der Waals surface area contributed by atoms with Gasteiger partial charge in [0.2, 0.25) is 6.08 Å². The molecule has 0 saturated heterocycles. The molecule has 0 aliphatic rings. The molecule has 0 radical (unpaired) electrons. The molecule has 0 aliphatic carbocycles. The summed E-state index contributed by atoms with van der Waals surface area (Å²) in [5.74, 6) is 0. The van der Waals surface area contributed by atoms with Crippen molar-refractivity contribution in [1.29, 1.82) is 0 Å². The Morgan fingerprint density at radius 3 is 3.23 bits per heavy atom. The molecule has 4 nitrogen and oxygen atoms in total. The lowest BCUT2D eigenvalue weighted by Gasteiger charge is -2.00. The third kappa shape index (κ3) is 4.15. The summed E-state index contributed by atoms with van der Waals surface area (Å²) >= 11 is 0. The molecule has 1 aromatic heterocycles. The predicted octanol–water partition coefficient (Wildman–Crippen LogP) is 0.934. The molecule has 0 aliphatic heterocycles. The zero-order valence-electron chi connectivity index (χ0n) is 7.14. The summed E-state index contributed by atoms with van der Waals surface area (Å²) < 4.78 is 5.21. The number of ether oxygens (including phenoxy) is 1. The number of isocyanates is 1. The van der Waals surface area contributed by atoms with Gasteiger partial charge in [-0.1, -0.05) is 6.07 Å². The molecule has 1 heterocycles. The maximum atomic E-state index is 9.68. The quantitative estimate of drug-likeness (QED) is 0.383. The van der Waals surface area contributed by atoms with E-state index in [-0.39, 0.29) is 0 Å². The minimum Gasteiger partial charge on any atom is -0.375 e. The lowest BCUT2D eigenvalue weighted by atomic mass is 10.3. The monoisotopic (exact) mass is 178 g/mol. The summed E-state index contributed by atoms with van der Waals surface area (Å²) in [5.41, 5.74) is 1.01. The van der Waals surface area contributed by atoms with Crippen molar-refractivity contribution in [2.45, 2.75) is 6.61 Å². The maximum Gasteiger partial charge on any atom is 0.235 e. The van der Waals surface area contributed by atoms with Crippen LogP contribution in [0.4, 0.5) is 0 Å². The lowest BCUT2D eigenvalue weighted by molar-refractivity contribution is 0.128. The van der Waals surface area contributed by atoms with E-state index in [1.54, 1.807) is 12.4 Å². The standard InChI is InChI=1S/C9H10N2O2/c12-8-11-4-5-13-7-9-2-1-3-10-6-9/h1-3,6H,4-5,7H2. The molecule has 0 atom stereocenters. The fraction of sp³-hybridized carbons (Fsp3) is 0.333. The van der Waals surface area contributed by atoms with Crippen molar-refractivity contribution in [2.75, 3.05) is 13.2 Å². The third-order valence-electron chi connectivity index (χ3n) is 1.40. The summed E-state index contributed by atoms with van der Waals surface area (Å²) in [6.45, 7) is 1.30. The van der Waals surface area contributed by atoms with Crippen LogP contribution in [-0.4, -0.2) is 24.2 Å². The summed E-state index contributed by atoms with van der Waals surface area (Å²) in [5, 5.41) is 0. The molecule has 0 fully saturated rings. The third-order valence-corrected chi connectivity index (χ3v) is 1.40. The van der Waals surface area contributed by atoms with Crippen LogP contribution >= 0.6 is 0 Å². The maximum absolute atomic E-state index is 9.68. The highest BCUT2D eigenvalue weighted by Gasteiger charge is 1.90. The average Bonchev–Trinajstić information content (AvgIpc) is 2.19. The predicted molar refractivity (Wildman–Crippen MR) is 46.9 cm³/mol. The minimum absolute atomic E-state index is 0.365. The number of carbonyl (C=O) groups excluding carboxylic acids is 1. The van der Waals surface area contributed by atoms with E-state index in [1.807, 2.05) is 12.1 Å². The molecule has 0 saturated carbocycles. The number of pyridine rings is 1. The van der Waals surface area contributed by atoms with Gasteiger partial charge >= 0.3 is 0 Å². The molecule has 0 N–H and O–H groups in total. The highest BCUT2D eigenvalue weighted by Crippen LogP contribution is 1.97. The Labute approximate surface area is 76.3 Å². The summed E-state index contributed by atoms with van der Waals surface area (Å²) in [7, 11) is 0. The van der Waals surface area contributed by atoms with Crippen molar-refractivity contribution in [3.05, 3.63) is 30.1 Å². The van der Waals surface area contributed by atoms with Crippen LogP contribution in [-0.2, 0) is 16.1 Å². The zero-order valence-corrected chi connectivity index (χ0v) is 7.14. The second-order valence-corrected chi connectivity index (χ2v) is 2.39. The Morgan fingerprint density at radius 1 is 1.62 bits per heavy atom. The largest absolute Gasteiger partial charge is 0.375 e. The van der Waals surface area contributed by atoms with E-state index < -0.39 is 0 Å². The van der Waals surface area contributed by atoms with Crippen LogP contribution in [0.25, 0.3) is 0 Å². The second kappa shape index (κ2) is 6.06. The first-order valence-corrected chi connectivity index (χ1v) is 3.94. The van der Waals surface area contributed by atoms with Gasteiger partial charge in [0.25, 0.3) is 0 Å². The van der Waals surface area contributed by atoms with Crippen molar-refractivity contribution in [3.63, 3.8) is 0 Å². The summed E-state index contributed by atoms with van der Waals surface area (Å²) in [6, 6.07) is 3.78. The summed E-state index contributed by atoms with van der Waals surface area (Å²) in [6.07, 6.45) is 4.90. The fourth-order valence-corrected chi connectivity index (χ4v) is 0.829. The Morgan fingerprint density at radius 2 is 2.54 bits per heavy atom. The van der Waals surface area contributed by atoms with E-state index in [2.05, 4.69) is 9.98 Å². The van der Waals surface area contributed by atoms with E-state index in [0.717, 1.165) is 5.56 Å². The Bertz CT molecular complexity index is 281. The lowest BCUT2D eigenvalue weighted by Crippen LogP contribution is -1.98. The molecule has 13 heavy (non-hydrogen) atoms. The number of aromatic nitrogens is 1. The van der Waals surface area contributed by atoms with Crippen LogP contribution in [0.2, 0.25) is 0 Å². The molecule has 0 amide bonds. The average molecular weight is 178 g/mol. The van der Waals surface area contributed by atoms with Gasteiger partial charge in [-0.3, -0.25) is 4.98 Å². The highest BCUT2D eigenvalue weighted by atomic mass is 16.5. The molecule has 0 aromatic carbocycles. The van der Waals surface area contributed by atoms with E-state index >= 15 is 0 Å². The van der Waals surface area contributed by atoms with Crippen LogP contribution in [0.15, 0.2) is 29.5 Å². The molecular formula is C9H10N2O2. The first-order chi connectivity index (χ1) is 6.43. The number of aliphatic imine (C=N–C) groups is 1. The van der Waals surface area contributed by atoms with Gasteiger partial charge < -0.3 is 4.74 Å². The van der Waals surface area contributed by atoms with E-state index in [1.165, 1.54) is 6.08 Å². The summed E-state index contributed by atoms with van der Waals surface area (Å²) in [4.78, 5) is 17.0. The van der Waals surface area contributed by atoms with Crippen LogP contribution in [0.5, 0.6) is 0 Å². The van der Waals surface area contributed by atoms with E-state index in [0.29, 0.717) is 19.8 Å². The molecule has 1 rings (SSSR count). The second-order valence-electron chi connectivity index (χ2n) is 2.39. The molecular weight excluding hydrogens is 168 g/mol. The van der Waals surface area contributed by atoms with Gasteiger partial charge in [-0.05, 0) is 11.6 Å². The number of rotatable bonds is 5. The smallest absolute Gasteiger partial charge is 0.235 e.